The number of aliphatic hydroxyl groups is 1. The lowest BCUT2D eigenvalue weighted by atomic mass is 10.1. The highest BCUT2D eigenvalue weighted by Gasteiger charge is 2.35. The lowest BCUT2D eigenvalue weighted by Gasteiger charge is -2.37. The van der Waals surface area contributed by atoms with Crippen molar-refractivity contribution in [1.29, 1.82) is 0 Å². The molecule has 0 saturated carbocycles. The Balaban J connectivity index is 1.57. The first-order chi connectivity index (χ1) is 16.1. The van der Waals surface area contributed by atoms with Crippen molar-refractivity contribution in [2.75, 3.05) is 55.4 Å². The highest BCUT2D eigenvalue weighted by Crippen LogP contribution is 2.29. The van der Waals surface area contributed by atoms with E-state index in [1.807, 2.05) is 0 Å². The van der Waals surface area contributed by atoms with E-state index in [2.05, 4.69) is 36.9 Å². The summed E-state index contributed by atoms with van der Waals surface area (Å²) in [5.74, 6) is -0.366. The molecule has 10 heteroatoms. The van der Waals surface area contributed by atoms with Crippen LogP contribution < -0.4 is 9.80 Å². The number of anilines is 2. The first-order valence-electron chi connectivity index (χ1n) is 11.1. The van der Waals surface area contributed by atoms with Crippen LogP contribution in [0.1, 0.15) is 21.5 Å². The van der Waals surface area contributed by atoms with Crippen LogP contribution in [0.3, 0.4) is 0 Å². The fourth-order valence-corrected chi connectivity index (χ4v) is 5.43. The third-order valence-electron chi connectivity index (χ3n) is 6.30. The summed E-state index contributed by atoms with van der Waals surface area (Å²) in [7, 11) is -3.77. The molecule has 2 aromatic rings. The first-order valence-corrected chi connectivity index (χ1v) is 13.0. The zero-order valence-electron chi connectivity index (χ0n) is 19.5. The number of benzene rings is 2. The Kier molecular flexibility index (Phi) is 6.55. The van der Waals surface area contributed by atoms with Crippen molar-refractivity contribution < 1.29 is 27.9 Å². The number of amides is 2. The minimum absolute atomic E-state index is 0.00889. The maximum atomic E-state index is 13.3. The van der Waals surface area contributed by atoms with Crippen LogP contribution in [0.15, 0.2) is 41.3 Å². The maximum absolute atomic E-state index is 13.3. The molecule has 2 fully saturated rings. The van der Waals surface area contributed by atoms with Crippen LogP contribution in [-0.4, -0.2) is 82.1 Å². The predicted molar refractivity (Wildman–Crippen MR) is 128 cm³/mol. The average molecular weight is 488 g/mol. The van der Waals surface area contributed by atoms with Crippen molar-refractivity contribution in [2.24, 2.45) is 0 Å². The second-order valence-corrected chi connectivity index (χ2v) is 10.8. The Hall–Kier alpha value is -3.11. The summed E-state index contributed by atoms with van der Waals surface area (Å²) < 4.78 is 30.1. The number of rotatable bonds is 5. The van der Waals surface area contributed by atoms with Crippen molar-refractivity contribution >= 4 is 33.2 Å². The number of carbonyl (C=O) groups is 2. The van der Waals surface area contributed by atoms with Crippen molar-refractivity contribution in [1.82, 2.24) is 4.90 Å². The Morgan fingerprint density at radius 3 is 2.41 bits per heavy atom. The van der Waals surface area contributed by atoms with Gasteiger partial charge >= 0.3 is 6.09 Å². The fraction of sp³-hybridized carbons (Fsp3) is 0.417. The van der Waals surface area contributed by atoms with Crippen LogP contribution in [0.25, 0.3) is 0 Å². The predicted octanol–water partition coefficient (Wildman–Crippen LogP) is 1.99. The quantitative estimate of drug-likeness (QED) is 0.687. The number of ether oxygens (including phenoxy) is 1. The van der Waals surface area contributed by atoms with Crippen LogP contribution >= 0.6 is 0 Å². The summed E-state index contributed by atoms with van der Waals surface area (Å²) in [4.78, 5) is 30.4. The average Bonchev–Trinajstić information content (AvgIpc) is 3.18. The van der Waals surface area contributed by atoms with Gasteiger partial charge in [0.15, 0.2) is 9.84 Å². The molecular weight excluding hydrogens is 458 g/mol. The summed E-state index contributed by atoms with van der Waals surface area (Å²) >= 11 is 0. The van der Waals surface area contributed by atoms with Crippen LogP contribution in [0.5, 0.6) is 0 Å². The second-order valence-electron chi connectivity index (χ2n) is 8.81. The maximum Gasteiger partial charge on any atom is 0.414 e. The van der Waals surface area contributed by atoms with Gasteiger partial charge in [-0.15, -0.1) is 0 Å². The van der Waals surface area contributed by atoms with Crippen molar-refractivity contribution in [3.63, 3.8) is 0 Å². The van der Waals surface area contributed by atoms with Crippen molar-refractivity contribution in [2.45, 2.75) is 24.8 Å². The summed E-state index contributed by atoms with van der Waals surface area (Å²) in [6, 6.07) is 9.93. The molecule has 0 unspecified atom stereocenters. The first kappa shape index (κ1) is 24.0. The second kappa shape index (κ2) is 9.27. The third-order valence-corrected chi connectivity index (χ3v) is 7.44. The molecule has 2 amide bonds. The van der Waals surface area contributed by atoms with E-state index in [0.717, 1.165) is 11.9 Å². The number of aliphatic hydroxyl groups excluding tert-OH is 1. The molecule has 182 valence electrons. The number of sulfone groups is 1. The minimum atomic E-state index is -3.77. The zero-order valence-corrected chi connectivity index (χ0v) is 20.3. The van der Waals surface area contributed by atoms with E-state index in [9.17, 15) is 23.1 Å². The Morgan fingerprint density at radius 2 is 1.79 bits per heavy atom. The third kappa shape index (κ3) is 4.60. The molecule has 2 saturated heterocycles. The van der Waals surface area contributed by atoms with Gasteiger partial charge in [-0.1, -0.05) is 17.7 Å². The van der Waals surface area contributed by atoms with Gasteiger partial charge < -0.3 is 19.6 Å². The van der Waals surface area contributed by atoms with E-state index >= 15 is 0 Å². The molecular formula is C24H29N3O6S. The van der Waals surface area contributed by atoms with Gasteiger partial charge in [-0.3, -0.25) is 9.69 Å². The normalized spacial score (nSPS) is 18.9. The molecule has 2 aliphatic heterocycles. The van der Waals surface area contributed by atoms with Crippen molar-refractivity contribution in [3.05, 3.63) is 53.1 Å². The monoisotopic (exact) mass is 487 g/mol. The topological polar surface area (TPSA) is 107 Å². The summed E-state index contributed by atoms with van der Waals surface area (Å²) in [6.45, 7) is 6.00. The smallest absolute Gasteiger partial charge is 0.414 e. The SMILES string of the molecule is Cc1ccc(N2CCN(C(=O)c3ccc(N4C(=O)OC[C@H]4CO)cc3S(C)(=O)=O)CC2)c(C)c1. The molecule has 2 heterocycles. The van der Waals surface area contributed by atoms with E-state index in [0.29, 0.717) is 26.2 Å². The largest absolute Gasteiger partial charge is 0.447 e. The Morgan fingerprint density at radius 1 is 1.09 bits per heavy atom. The van der Waals surface area contributed by atoms with Crippen LogP contribution in [0.4, 0.5) is 16.2 Å². The van der Waals surface area contributed by atoms with E-state index in [1.54, 1.807) is 4.90 Å². The fourth-order valence-electron chi connectivity index (χ4n) is 4.54. The molecule has 9 nitrogen and oxygen atoms in total. The molecule has 2 aliphatic rings. The van der Waals surface area contributed by atoms with Gasteiger partial charge in [-0.05, 0) is 43.7 Å². The van der Waals surface area contributed by atoms with Gasteiger partial charge in [-0.25, -0.2) is 13.2 Å². The number of hydrogen-bond acceptors (Lipinski definition) is 7. The number of piperazine rings is 1. The number of carbonyl (C=O) groups excluding carboxylic acids is 2. The Bertz CT molecular complexity index is 1220. The summed E-state index contributed by atoms with van der Waals surface area (Å²) in [5.41, 5.74) is 3.84. The molecule has 0 spiro atoms. The highest BCUT2D eigenvalue weighted by atomic mass is 32.2. The van der Waals surface area contributed by atoms with Gasteiger partial charge in [0.25, 0.3) is 5.91 Å². The molecule has 0 radical (unpaired) electrons. The molecule has 4 rings (SSSR count). The molecule has 0 aliphatic carbocycles. The minimum Gasteiger partial charge on any atom is -0.447 e. The number of nitrogens with zero attached hydrogens (tertiary/aromatic N) is 3. The number of aryl methyl sites for hydroxylation is 2. The molecule has 2 aromatic carbocycles. The lowest BCUT2D eigenvalue weighted by molar-refractivity contribution is 0.0743. The Labute approximate surface area is 199 Å². The molecule has 0 bridgehead atoms. The zero-order chi connectivity index (χ0) is 24.6. The van der Waals surface area contributed by atoms with Crippen LogP contribution in [0, 0.1) is 13.8 Å². The van der Waals surface area contributed by atoms with Gasteiger partial charge in [0.1, 0.15) is 6.61 Å². The molecule has 1 atom stereocenters. The number of cyclic esters (lactones) is 1. The van der Waals surface area contributed by atoms with E-state index < -0.39 is 22.0 Å². The standard InChI is InChI=1S/C24H29N3O6S/c1-16-4-7-21(17(2)12-16)25-8-10-26(11-9-25)23(29)20-6-5-18(13-22(20)34(3,31)32)27-19(14-28)15-33-24(27)30/h4-7,12-13,19,28H,8-11,14-15H2,1-3H3/t19-/m1/s1. The molecule has 34 heavy (non-hydrogen) atoms. The van der Waals surface area contributed by atoms with Crippen molar-refractivity contribution in [3.8, 4) is 0 Å². The van der Waals surface area contributed by atoms with E-state index in [1.165, 1.54) is 34.2 Å². The molecule has 0 aromatic heterocycles. The highest BCUT2D eigenvalue weighted by molar-refractivity contribution is 7.90. The van der Waals surface area contributed by atoms with Gasteiger partial charge in [0.2, 0.25) is 0 Å². The van der Waals surface area contributed by atoms with Crippen LogP contribution in [0.2, 0.25) is 0 Å². The summed E-state index contributed by atoms with van der Waals surface area (Å²) in [6.07, 6.45) is 0.368. The van der Waals surface area contributed by atoms with Crippen LogP contribution in [-0.2, 0) is 14.6 Å². The summed E-state index contributed by atoms with van der Waals surface area (Å²) in [5, 5.41) is 9.54. The molecule has 1 N–H and O–H groups in total. The lowest BCUT2D eigenvalue weighted by Crippen LogP contribution is -2.49. The van der Waals surface area contributed by atoms with E-state index in [4.69, 9.17) is 4.74 Å². The number of hydrogen-bond donors (Lipinski definition) is 1. The van der Waals surface area contributed by atoms with E-state index in [-0.39, 0.29) is 35.3 Å². The van der Waals surface area contributed by atoms with Gasteiger partial charge in [0.05, 0.1) is 23.1 Å². The van der Waals surface area contributed by atoms with Gasteiger partial charge in [-0.2, -0.15) is 0 Å². The van der Waals surface area contributed by atoms with Gasteiger partial charge in [0, 0.05) is 43.8 Å².